The number of halogens is 4. The van der Waals surface area contributed by atoms with Gasteiger partial charge in [0.15, 0.2) is 0 Å². The average molecular weight is 610 g/mol. The van der Waals surface area contributed by atoms with Crippen LogP contribution in [-0.2, 0) is 38.8 Å². The van der Waals surface area contributed by atoms with E-state index >= 15 is 0 Å². The summed E-state index contributed by atoms with van der Waals surface area (Å²) in [6.07, 6.45) is -3.23. The summed E-state index contributed by atoms with van der Waals surface area (Å²) in [5.74, 6) is -1.23. The molecule has 0 saturated heterocycles. The van der Waals surface area contributed by atoms with E-state index in [4.69, 9.17) is 11.6 Å². The molecule has 0 spiro atoms. The fourth-order valence-corrected chi connectivity index (χ4v) is 5.30. The van der Waals surface area contributed by atoms with Crippen molar-refractivity contribution in [2.24, 2.45) is 0 Å². The summed E-state index contributed by atoms with van der Waals surface area (Å²) in [5, 5.41) is 2.53. The Morgan fingerprint density at radius 1 is 0.951 bits per heavy atom. The number of amides is 2. The van der Waals surface area contributed by atoms with Crippen LogP contribution < -0.4 is 9.62 Å². The van der Waals surface area contributed by atoms with E-state index < -0.39 is 51.9 Å². The van der Waals surface area contributed by atoms with Crippen LogP contribution in [0.15, 0.2) is 78.9 Å². The fraction of sp³-hybridized carbons (Fsp3) is 0.310. The molecule has 2 amide bonds. The second-order valence-corrected chi connectivity index (χ2v) is 11.8. The Morgan fingerprint density at radius 2 is 1.54 bits per heavy atom. The molecule has 0 heterocycles. The van der Waals surface area contributed by atoms with Crippen molar-refractivity contribution in [3.8, 4) is 0 Å². The van der Waals surface area contributed by atoms with Gasteiger partial charge in [0.1, 0.15) is 12.6 Å². The van der Waals surface area contributed by atoms with E-state index in [-0.39, 0.29) is 18.0 Å². The molecule has 41 heavy (non-hydrogen) atoms. The minimum Gasteiger partial charge on any atom is -0.354 e. The van der Waals surface area contributed by atoms with Gasteiger partial charge in [-0.05, 0) is 35.7 Å². The highest BCUT2D eigenvalue weighted by atomic mass is 35.5. The van der Waals surface area contributed by atoms with Crippen LogP contribution in [0.5, 0.6) is 0 Å². The topological polar surface area (TPSA) is 86.8 Å². The summed E-state index contributed by atoms with van der Waals surface area (Å²) in [5.41, 5.74) is -0.187. The predicted octanol–water partition coefficient (Wildman–Crippen LogP) is 5.29. The summed E-state index contributed by atoms with van der Waals surface area (Å²) >= 11 is 6.15. The van der Waals surface area contributed by atoms with Crippen LogP contribution in [0, 0.1) is 0 Å². The molecule has 0 aromatic heterocycles. The molecule has 1 atom stereocenters. The lowest BCUT2D eigenvalue weighted by Crippen LogP contribution is -2.53. The summed E-state index contributed by atoms with van der Waals surface area (Å²) in [4.78, 5) is 28.6. The molecule has 3 aromatic rings. The Bertz CT molecular complexity index is 1440. The SMILES string of the molecule is CCCNC(=O)[C@@H](Cc1ccccc1)N(Cc1ccccc1)C(=O)CN(c1cc(C(F)(F)F)ccc1Cl)S(C)(=O)=O. The van der Waals surface area contributed by atoms with Gasteiger partial charge in [-0.2, -0.15) is 13.2 Å². The maximum atomic E-state index is 14.0. The van der Waals surface area contributed by atoms with Gasteiger partial charge in [-0.1, -0.05) is 79.2 Å². The molecule has 7 nitrogen and oxygen atoms in total. The minimum atomic E-state index is -4.77. The monoisotopic (exact) mass is 609 g/mol. The molecule has 0 bridgehead atoms. The molecule has 1 N–H and O–H groups in total. The lowest BCUT2D eigenvalue weighted by molar-refractivity contribution is -0.140. The van der Waals surface area contributed by atoms with Gasteiger partial charge in [0, 0.05) is 19.5 Å². The molecule has 0 aliphatic carbocycles. The molecule has 3 rings (SSSR count). The van der Waals surface area contributed by atoms with Crippen molar-refractivity contribution in [2.75, 3.05) is 23.7 Å². The van der Waals surface area contributed by atoms with Gasteiger partial charge in [-0.3, -0.25) is 13.9 Å². The van der Waals surface area contributed by atoms with E-state index in [9.17, 15) is 31.2 Å². The molecule has 0 radical (unpaired) electrons. The van der Waals surface area contributed by atoms with Gasteiger partial charge in [0.2, 0.25) is 21.8 Å². The third-order valence-corrected chi connectivity index (χ3v) is 7.68. The Kier molecular flexibility index (Phi) is 10.8. The maximum Gasteiger partial charge on any atom is 0.416 e. The third-order valence-electron chi connectivity index (χ3n) is 6.24. The number of hydrogen-bond donors (Lipinski definition) is 1. The first-order valence-electron chi connectivity index (χ1n) is 12.8. The van der Waals surface area contributed by atoms with Crippen LogP contribution in [0.2, 0.25) is 5.02 Å². The number of nitrogens with zero attached hydrogens (tertiary/aromatic N) is 2. The zero-order valence-corrected chi connectivity index (χ0v) is 24.1. The standard InChI is InChI=1S/C29H31ClF3N3O4S/c1-3-16-34-28(38)26(17-21-10-6-4-7-11-21)35(19-22-12-8-5-9-13-22)27(37)20-36(41(2,39)40)25-18-23(29(31,32)33)14-15-24(25)30/h4-15,18,26H,3,16-17,19-20H2,1-2H3,(H,34,38)/t26-/m1/s1. The number of alkyl halides is 3. The molecule has 0 aliphatic rings. The Labute approximate surface area is 243 Å². The zero-order chi connectivity index (χ0) is 30.2. The van der Waals surface area contributed by atoms with E-state index in [1.54, 1.807) is 54.6 Å². The molecule has 12 heteroatoms. The molecule has 0 saturated carbocycles. The number of carbonyl (C=O) groups excluding carboxylic acids is 2. The Hall–Kier alpha value is -3.57. The predicted molar refractivity (Wildman–Crippen MR) is 153 cm³/mol. The summed E-state index contributed by atoms with van der Waals surface area (Å²) in [6.45, 7) is 1.30. The van der Waals surface area contributed by atoms with Gasteiger partial charge < -0.3 is 10.2 Å². The highest BCUT2D eigenvalue weighted by molar-refractivity contribution is 7.92. The molecule has 0 aliphatic heterocycles. The van der Waals surface area contributed by atoms with Gasteiger partial charge in [-0.25, -0.2) is 8.42 Å². The minimum absolute atomic E-state index is 0.0509. The van der Waals surface area contributed by atoms with Crippen molar-refractivity contribution in [1.29, 1.82) is 0 Å². The van der Waals surface area contributed by atoms with Crippen molar-refractivity contribution < 1.29 is 31.2 Å². The van der Waals surface area contributed by atoms with Gasteiger partial charge >= 0.3 is 6.18 Å². The Balaban J connectivity index is 2.08. The molecule has 0 fully saturated rings. The summed E-state index contributed by atoms with van der Waals surface area (Å²) in [7, 11) is -4.29. The average Bonchev–Trinajstić information content (AvgIpc) is 2.92. The number of nitrogens with one attached hydrogen (secondary N) is 1. The van der Waals surface area contributed by atoms with Crippen LogP contribution in [0.4, 0.5) is 18.9 Å². The van der Waals surface area contributed by atoms with Gasteiger partial charge in [-0.15, -0.1) is 0 Å². The smallest absolute Gasteiger partial charge is 0.354 e. The van der Waals surface area contributed by atoms with E-state index in [1.807, 2.05) is 13.0 Å². The quantitative estimate of drug-likeness (QED) is 0.302. The van der Waals surface area contributed by atoms with E-state index in [1.165, 1.54) is 4.90 Å². The maximum absolute atomic E-state index is 14.0. The highest BCUT2D eigenvalue weighted by Crippen LogP contribution is 2.36. The van der Waals surface area contributed by atoms with E-state index in [0.29, 0.717) is 28.9 Å². The van der Waals surface area contributed by atoms with Crippen LogP contribution in [-0.4, -0.2) is 50.5 Å². The van der Waals surface area contributed by atoms with E-state index in [2.05, 4.69) is 5.32 Å². The number of sulfonamides is 1. The van der Waals surface area contributed by atoms with Gasteiger partial charge in [0.25, 0.3) is 0 Å². The van der Waals surface area contributed by atoms with Crippen molar-refractivity contribution in [2.45, 2.75) is 38.5 Å². The van der Waals surface area contributed by atoms with Crippen LogP contribution in [0.25, 0.3) is 0 Å². The zero-order valence-electron chi connectivity index (χ0n) is 22.6. The first kappa shape index (κ1) is 32.0. The first-order valence-corrected chi connectivity index (χ1v) is 15.0. The van der Waals surface area contributed by atoms with Gasteiger partial charge in [0.05, 0.1) is 22.5 Å². The molecule has 220 valence electrons. The Morgan fingerprint density at radius 3 is 2.07 bits per heavy atom. The normalized spacial score (nSPS) is 12.4. The number of carbonyl (C=O) groups is 2. The molecular weight excluding hydrogens is 579 g/mol. The van der Waals surface area contributed by atoms with Crippen molar-refractivity contribution in [3.63, 3.8) is 0 Å². The number of hydrogen-bond acceptors (Lipinski definition) is 4. The lowest BCUT2D eigenvalue weighted by atomic mass is 10.0. The summed E-state index contributed by atoms with van der Waals surface area (Å²) in [6, 6.07) is 19.0. The molecule has 3 aromatic carbocycles. The number of anilines is 1. The largest absolute Gasteiger partial charge is 0.416 e. The van der Waals surface area contributed by atoms with Crippen LogP contribution in [0.3, 0.4) is 0 Å². The first-order chi connectivity index (χ1) is 19.3. The number of benzene rings is 3. The van der Waals surface area contributed by atoms with Crippen molar-refractivity contribution in [1.82, 2.24) is 10.2 Å². The molecule has 0 unspecified atom stereocenters. The number of rotatable bonds is 12. The molecular formula is C29H31ClF3N3O4S. The second kappa shape index (κ2) is 13.9. The van der Waals surface area contributed by atoms with Crippen LogP contribution >= 0.6 is 11.6 Å². The van der Waals surface area contributed by atoms with Crippen LogP contribution in [0.1, 0.15) is 30.0 Å². The van der Waals surface area contributed by atoms with E-state index in [0.717, 1.165) is 24.0 Å². The second-order valence-electron chi connectivity index (χ2n) is 9.44. The lowest BCUT2D eigenvalue weighted by Gasteiger charge is -2.33. The highest BCUT2D eigenvalue weighted by Gasteiger charge is 2.35. The fourth-order valence-electron chi connectivity index (χ4n) is 4.17. The van der Waals surface area contributed by atoms with Crippen molar-refractivity contribution in [3.05, 3.63) is 101 Å². The van der Waals surface area contributed by atoms with Crippen molar-refractivity contribution >= 4 is 39.1 Å². The summed E-state index contributed by atoms with van der Waals surface area (Å²) < 4.78 is 66.6. The third kappa shape index (κ3) is 8.96.